The molecule has 0 radical (unpaired) electrons. The Labute approximate surface area is 232 Å². The molecule has 3 aliphatic heterocycles. The molecule has 2 fully saturated rings. The second-order valence-electron chi connectivity index (χ2n) is 10.5. The molecule has 3 heterocycles. The minimum absolute atomic E-state index is 0.213. The number of hydrogen-bond acceptors (Lipinski definition) is 6. The van der Waals surface area contributed by atoms with Crippen molar-refractivity contribution < 1.29 is 19.2 Å². The quantitative estimate of drug-likeness (QED) is 0.475. The second-order valence-corrected chi connectivity index (χ2v) is 10.9. The molecule has 39 heavy (non-hydrogen) atoms. The number of piperidine rings is 1. The van der Waals surface area contributed by atoms with E-state index in [2.05, 4.69) is 32.8 Å². The molecular formula is C28H33ClN6O4. The van der Waals surface area contributed by atoms with Gasteiger partial charge in [0.05, 0.1) is 0 Å². The van der Waals surface area contributed by atoms with Crippen molar-refractivity contribution in [3.8, 4) is 0 Å². The average molecular weight is 553 g/mol. The molecule has 10 nitrogen and oxygen atoms in total. The number of carbonyl (C=O) groups is 4. The number of imide groups is 1. The molecule has 0 spiro atoms. The van der Waals surface area contributed by atoms with Crippen molar-refractivity contribution in [2.24, 2.45) is 0 Å². The molecule has 11 heteroatoms. The van der Waals surface area contributed by atoms with Crippen LogP contribution >= 0.6 is 11.6 Å². The van der Waals surface area contributed by atoms with E-state index in [1.165, 1.54) is 4.90 Å². The Morgan fingerprint density at radius 3 is 2.62 bits per heavy atom. The molecule has 0 aromatic heterocycles. The van der Waals surface area contributed by atoms with Crippen LogP contribution in [0.5, 0.6) is 0 Å². The summed E-state index contributed by atoms with van der Waals surface area (Å²) in [6.07, 6.45) is 0.531. The van der Waals surface area contributed by atoms with E-state index in [1.807, 2.05) is 25.1 Å². The number of piperazine rings is 1. The smallest absolute Gasteiger partial charge is 0.319 e. The largest absolute Gasteiger partial charge is 0.334 e. The van der Waals surface area contributed by atoms with Gasteiger partial charge in [0.15, 0.2) is 0 Å². The summed E-state index contributed by atoms with van der Waals surface area (Å²) in [5.74, 6) is -0.993. The Hall–Kier alpha value is -3.47. The predicted molar refractivity (Wildman–Crippen MR) is 147 cm³/mol. The summed E-state index contributed by atoms with van der Waals surface area (Å²) in [5, 5.41) is 8.64. The summed E-state index contributed by atoms with van der Waals surface area (Å²) in [6, 6.07) is 8.14. The zero-order valence-corrected chi connectivity index (χ0v) is 22.9. The van der Waals surface area contributed by atoms with Crippen LogP contribution in [0.4, 0.5) is 10.5 Å². The van der Waals surface area contributed by atoms with E-state index in [0.717, 1.165) is 55.0 Å². The van der Waals surface area contributed by atoms with Crippen LogP contribution in [-0.4, -0.2) is 77.7 Å². The lowest BCUT2D eigenvalue weighted by molar-refractivity contribution is -0.136. The van der Waals surface area contributed by atoms with Gasteiger partial charge in [0.2, 0.25) is 11.8 Å². The molecule has 0 aliphatic carbocycles. The Kier molecular flexibility index (Phi) is 7.88. The Balaban J connectivity index is 1.19. The molecule has 0 saturated carbocycles. The van der Waals surface area contributed by atoms with Crippen LogP contribution in [0.1, 0.15) is 45.5 Å². The van der Waals surface area contributed by atoms with E-state index >= 15 is 0 Å². The maximum atomic E-state index is 13.0. The molecule has 1 atom stereocenters. The maximum Gasteiger partial charge on any atom is 0.319 e. The third-order valence-electron chi connectivity index (χ3n) is 7.75. The number of carbonyl (C=O) groups excluding carboxylic acids is 4. The summed E-state index contributed by atoms with van der Waals surface area (Å²) in [7, 11) is 2.12. The fraction of sp³-hybridized carbons (Fsp3) is 0.429. The third-order valence-corrected chi connectivity index (χ3v) is 8.14. The van der Waals surface area contributed by atoms with Gasteiger partial charge in [-0.3, -0.25) is 24.6 Å². The van der Waals surface area contributed by atoms with E-state index in [0.29, 0.717) is 29.2 Å². The molecule has 3 aliphatic rings. The highest BCUT2D eigenvalue weighted by atomic mass is 35.5. The first-order valence-corrected chi connectivity index (χ1v) is 13.6. The first-order valence-electron chi connectivity index (χ1n) is 13.2. The van der Waals surface area contributed by atoms with Gasteiger partial charge in [-0.05, 0) is 60.8 Å². The molecule has 206 valence electrons. The number of hydrogen-bond donors (Lipinski definition) is 3. The van der Waals surface area contributed by atoms with Gasteiger partial charge < -0.3 is 20.4 Å². The van der Waals surface area contributed by atoms with Crippen molar-refractivity contribution in [1.29, 1.82) is 0 Å². The molecular weight excluding hydrogens is 520 g/mol. The number of anilines is 1. The van der Waals surface area contributed by atoms with Crippen LogP contribution < -0.4 is 16.0 Å². The SMILES string of the molecule is Cc1c(Cl)cc(NC(=O)NCc2ccc3c(c2)C(=O)N(C2CCC(=O)NC2=O)C3)cc1CN1CCN(C)CC1. The molecule has 5 amide bonds. The minimum atomic E-state index is -0.655. The number of amides is 5. The Morgan fingerprint density at radius 2 is 1.87 bits per heavy atom. The lowest BCUT2D eigenvalue weighted by Gasteiger charge is -2.32. The number of benzene rings is 2. The number of rotatable bonds is 6. The lowest BCUT2D eigenvalue weighted by Crippen LogP contribution is -2.52. The van der Waals surface area contributed by atoms with Crippen LogP contribution in [0.15, 0.2) is 30.3 Å². The van der Waals surface area contributed by atoms with Gasteiger partial charge in [-0.1, -0.05) is 23.7 Å². The number of fused-ring (bicyclic) bond motifs is 1. The minimum Gasteiger partial charge on any atom is -0.334 e. The van der Waals surface area contributed by atoms with Crippen LogP contribution in [0.2, 0.25) is 5.02 Å². The first-order chi connectivity index (χ1) is 18.7. The first kappa shape index (κ1) is 27.1. The van der Waals surface area contributed by atoms with Crippen LogP contribution in [0.3, 0.4) is 0 Å². The summed E-state index contributed by atoms with van der Waals surface area (Å²) < 4.78 is 0. The number of nitrogens with zero attached hydrogens (tertiary/aromatic N) is 3. The summed E-state index contributed by atoms with van der Waals surface area (Å²) in [5.41, 5.74) is 4.81. The number of halogens is 1. The highest BCUT2D eigenvalue weighted by Gasteiger charge is 2.39. The monoisotopic (exact) mass is 552 g/mol. The zero-order chi connectivity index (χ0) is 27.7. The highest BCUT2D eigenvalue weighted by molar-refractivity contribution is 6.31. The van der Waals surface area contributed by atoms with Crippen LogP contribution in [0.25, 0.3) is 0 Å². The highest BCUT2D eigenvalue weighted by Crippen LogP contribution is 2.29. The molecule has 3 N–H and O–H groups in total. The zero-order valence-electron chi connectivity index (χ0n) is 22.2. The van der Waals surface area contributed by atoms with E-state index in [1.54, 1.807) is 12.1 Å². The van der Waals surface area contributed by atoms with E-state index in [9.17, 15) is 19.2 Å². The topological polar surface area (TPSA) is 114 Å². The fourth-order valence-electron chi connectivity index (χ4n) is 5.29. The van der Waals surface area contributed by atoms with Crippen LogP contribution in [-0.2, 0) is 29.2 Å². The molecule has 0 bridgehead atoms. The molecule has 2 saturated heterocycles. The molecule has 5 rings (SSSR count). The van der Waals surface area contributed by atoms with Gasteiger partial charge in [0.1, 0.15) is 6.04 Å². The summed E-state index contributed by atoms with van der Waals surface area (Å²) >= 11 is 6.49. The van der Waals surface area contributed by atoms with Gasteiger partial charge in [-0.2, -0.15) is 0 Å². The predicted octanol–water partition coefficient (Wildman–Crippen LogP) is 2.48. The third kappa shape index (κ3) is 6.08. The number of likely N-dealkylation sites (N-methyl/N-ethyl adjacent to an activating group) is 1. The Bertz CT molecular complexity index is 1320. The van der Waals surface area contributed by atoms with Crippen LogP contribution in [0, 0.1) is 6.92 Å². The lowest BCUT2D eigenvalue weighted by atomic mass is 10.0. The summed E-state index contributed by atoms with van der Waals surface area (Å²) in [6.45, 7) is 7.33. The van der Waals surface area contributed by atoms with Crippen molar-refractivity contribution in [3.63, 3.8) is 0 Å². The van der Waals surface area contributed by atoms with Crippen molar-refractivity contribution in [1.82, 2.24) is 25.3 Å². The molecule has 1 unspecified atom stereocenters. The second kappa shape index (κ2) is 11.3. The van der Waals surface area contributed by atoms with Gasteiger partial charge in [0, 0.05) is 68.5 Å². The van der Waals surface area contributed by atoms with Gasteiger partial charge in [-0.25, -0.2) is 4.79 Å². The van der Waals surface area contributed by atoms with Gasteiger partial charge in [0.25, 0.3) is 5.91 Å². The number of urea groups is 1. The van der Waals surface area contributed by atoms with E-state index < -0.39 is 11.9 Å². The fourth-order valence-corrected chi connectivity index (χ4v) is 5.53. The van der Waals surface area contributed by atoms with Gasteiger partial charge in [-0.15, -0.1) is 0 Å². The molecule has 2 aromatic rings. The number of nitrogens with one attached hydrogen (secondary N) is 3. The van der Waals surface area contributed by atoms with Crippen molar-refractivity contribution in [3.05, 3.63) is 63.2 Å². The standard InChI is InChI=1S/C28H33ClN6O4/c1-17-20(15-34-9-7-33(2)8-10-34)12-21(13-23(17)29)31-28(39)30-14-18-3-4-19-16-35(27(38)22(19)11-18)24-5-6-25(36)32-26(24)37/h3-4,11-13,24H,5-10,14-16H2,1-2H3,(H2,30,31,39)(H,32,36,37). The maximum absolute atomic E-state index is 13.0. The normalized spacial score (nSPS) is 20.1. The van der Waals surface area contributed by atoms with Crippen molar-refractivity contribution >= 4 is 41.0 Å². The van der Waals surface area contributed by atoms with Crippen molar-refractivity contribution in [2.45, 2.75) is 45.4 Å². The van der Waals surface area contributed by atoms with Crippen molar-refractivity contribution in [2.75, 3.05) is 38.5 Å². The molecule has 2 aromatic carbocycles. The van der Waals surface area contributed by atoms with E-state index in [-0.39, 0.29) is 30.8 Å². The van der Waals surface area contributed by atoms with Gasteiger partial charge >= 0.3 is 6.03 Å². The summed E-state index contributed by atoms with van der Waals surface area (Å²) in [4.78, 5) is 55.7. The van der Waals surface area contributed by atoms with E-state index in [4.69, 9.17) is 11.6 Å². The average Bonchev–Trinajstić information content (AvgIpc) is 3.22. The Morgan fingerprint density at radius 1 is 1.10 bits per heavy atom.